The Morgan fingerprint density at radius 3 is 3.00 bits per heavy atom. The Kier molecular flexibility index (Phi) is 3.88. The first-order chi connectivity index (χ1) is 10.1. The molecule has 0 radical (unpaired) electrons. The number of hydrogen-bond donors (Lipinski definition) is 1. The molecular weight excluding hydrogens is 286 g/mol. The van der Waals surface area contributed by atoms with E-state index in [4.69, 9.17) is 0 Å². The van der Waals surface area contributed by atoms with Gasteiger partial charge >= 0.3 is 0 Å². The maximum atomic E-state index is 12.2. The second-order valence-electron chi connectivity index (χ2n) is 5.16. The molecule has 110 valence electrons. The van der Waals surface area contributed by atoms with Gasteiger partial charge in [0.25, 0.3) is 0 Å². The van der Waals surface area contributed by atoms with Crippen LogP contribution in [0.5, 0.6) is 0 Å². The summed E-state index contributed by atoms with van der Waals surface area (Å²) < 4.78 is 1.12. The first kappa shape index (κ1) is 14.0. The molecule has 1 atom stereocenters. The summed E-state index contributed by atoms with van der Waals surface area (Å²) in [6, 6.07) is 7.59. The number of likely N-dealkylation sites (tertiary alicyclic amines) is 1. The average Bonchev–Trinajstić information content (AvgIpc) is 3.10. The Morgan fingerprint density at radius 2 is 2.24 bits per heavy atom. The predicted octanol–water partition coefficient (Wildman–Crippen LogP) is 1.92. The Morgan fingerprint density at radius 1 is 1.43 bits per heavy atom. The molecule has 1 saturated heterocycles. The fourth-order valence-electron chi connectivity index (χ4n) is 2.69. The summed E-state index contributed by atoms with van der Waals surface area (Å²) in [5.74, 6) is -0.116. The second kappa shape index (κ2) is 5.81. The summed E-state index contributed by atoms with van der Waals surface area (Å²) in [6.07, 6.45) is 1.63. The van der Waals surface area contributed by atoms with Crippen LogP contribution in [-0.4, -0.2) is 34.3 Å². The molecule has 2 aromatic rings. The molecule has 6 heteroatoms. The van der Waals surface area contributed by atoms with Crippen LogP contribution in [0.3, 0.4) is 0 Å². The van der Waals surface area contributed by atoms with Gasteiger partial charge in [0.1, 0.15) is 11.0 Å². The van der Waals surface area contributed by atoms with E-state index in [1.807, 2.05) is 24.3 Å². The van der Waals surface area contributed by atoms with E-state index in [1.54, 1.807) is 16.2 Å². The van der Waals surface area contributed by atoms with E-state index in [0.717, 1.165) is 28.1 Å². The molecule has 1 N–H and O–H groups in total. The third-order valence-electron chi connectivity index (χ3n) is 3.71. The van der Waals surface area contributed by atoms with Gasteiger partial charge in [-0.2, -0.15) is 0 Å². The lowest BCUT2D eigenvalue weighted by Crippen LogP contribution is -2.44. The summed E-state index contributed by atoms with van der Waals surface area (Å²) in [6.45, 7) is 2.61. The van der Waals surface area contributed by atoms with Crippen molar-refractivity contribution < 1.29 is 9.59 Å². The summed E-state index contributed by atoms with van der Waals surface area (Å²) in [5.41, 5.74) is 0.956. The highest BCUT2D eigenvalue weighted by molar-refractivity contribution is 7.18. The highest BCUT2D eigenvalue weighted by Gasteiger charge is 2.32. The largest absolute Gasteiger partial charge is 0.348 e. The van der Waals surface area contributed by atoms with Gasteiger partial charge in [0.05, 0.1) is 16.8 Å². The zero-order valence-electron chi connectivity index (χ0n) is 11.8. The molecule has 5 nitrogen and oxygen atoms in total. The van der Waals surface area contributed by atoms with E-state index in [0.29, 0.717) is 13.1 Å². The number of carbonyl (C=O) groups is 2. The van der Waals surface area contributed by atoms with Gasteiger partial charge < -0.3 is 10.2 Å². The number of benzene rings is 1. The zero-order chi connectivity index (χ0) is 14.8. The summed E-state index contributed by atoms with van der Waals surface area (Å²) in [5, 5.41) is 3.79. The number of carbonyl (C=O) groups excluding carboxylic acids is 2. The maximum absolute atomic E-state index is 12.2. The van der Waals surface area contributed by atoms with Crippen LogP contribution in [0.4, 0.5) is 0 Å². The number of amides is 2. The van der Waals surface area contributed by atoms with Crippen LogP contribution >= 0.6 is 11.3 Å². The second-order valence-corrected chi connectivity index (χ2v) is 6.28. The van der Waals surface area contributed by atoms with Crippen LogP contribution < -0.4 is 5.32 Å². The molecule has 1 fully saturated rings. The van der Waals surface area contributed by atoms with Crippen molar-refractivity contribution in [2.24, 2.45) is 0 Å². The van der Waals surface area contributed by atoms with Gasteiger partial charge in [-0.25, -0.2) is 4.98 Å². The molecule has 3 rings (SSSR count). The number of thiazole rings is 1. The standard InChI is InChI=1S/C15H17N3O2S/c1-10(19)18-8-4-6-12(18)15(20)16-9-14-17-11-5-2-3-7-13(11)21-14/h2-3,5,7,12H,4,6,8-9H2,1H3,(H,16,20)/t12-/m1/s1. The number of aromatic nitrogens is 1. The molecule has 1 aliphatic rings. The van der Waals surface area contributed by atoms with Gasteiger partial charge in [0.2, 0.25) is 11.8 Å². The maximum Gasteiger partial charge on any atom is 0.243 e. The fourth-order valence-corrected chi connectivity index (χ4v) is 3.60. The van der Waals surface area contributed by atoms with E-state index < -0.39 is 0 Å². The van der Waals surface area contributed by atoms with Crippen molar-refractivity contribution in [3.05, 3.63) is 29.3 Å². The van der Waals surface area contributed by atoms with Gasteiger partial charge in [-0.1, -0.05) is 12.1 Å². The number of nitrogens with zero attached hydrogens (tertiary/aromatic N) is 2. The SMILES string of the molecule is CC(=O)N1CCC[C@@H]1C(=O)NCc1nc2ccccc2s1. The summed E-state index contributed by atoms with van der Waals surface area (Å²) >= 11 is 1.58. The van der Waals surface area contributed by atoms with Crippen molar-refractivity contribution in [2.45, 2.75) is 32.4 Å². The molecule has 1 aromatic carbocycles. The highest BCUT2D eigenvalue weighted by Crippen LogP contribution is 2.22. The molecule has 1 aromatic heterocycles. The molecule has 0 unspecified atom stereocenters. The minimum atomic E-state index is -0.322. The molecule has 0 aliphatic carbocycles. The first-order valence-electron chi connectivity index (χ1n) is 7.04. The topological polar surface area (TPSA) is 62.3 Å². The van der Waals surface area contributed by atoms with Crippen LogP contribution in [0, 0.1) is 0 Å². The van der Waals surface area contributed by atoms with Crippen molar-refractivity contribution >= 4 is 33.4 Å². The van der Waals surface area contributed by atoms with Crippen LogP contribution in [0.15, 0.2) is 24.3 Å². The zero-order valence-corrected chi connectivity index (χ0v) is 12.7. The van der Waals surface area contributed by atoms with Crippen LogP contribution in [0.2, 0.25) is 0 Å². The number of rotatable bonds is 3. The quantitative estimate of drug-likeness (QED) is 0.942. The lowest BCUT2D eigenvalue weighted by molar-refractivity contribution is -0.136. The van der Waals surface area contributed by atoms with E-state index >= 15 is 0 Å². The lowest BCUT2D eigenvalue weighted by Gasteiger charge is -2.22. The number of hydrogen-bond acceptors (Lipinski definition) is 4. The predicted molar refractivity (Wildman–Crippen MR) is 81.9 cm³/mol. The van der Waals surface area contributed by atoms with E-state index in [-0.39, 0.29) is 17.9 Å². The van der Waals surface area contributed by atoms with Gasteiger partial charge in [0.15, 0.2) is 0 Å². The van der Waals surface area contributed by atoms with E-state index in [9.17, 15) is 9.59 Å². The van der Waals surface area contributed by atoms with Crippen molar-refractivity contribution in [3.63, 3.8) is 0 Å². The number of para-hydroxylation sites is 1. The van der Waals surface area contributed by atoms with Gasteiger partial charge in [-0.15, -0.1) is 11.3 Å². The molecule has 0 bridgehead atoms. The summed E-state index contributed by atoms with van der Waals surface area (Å²) in [7, 11) is 0. The first-order valence-corrected chi connectivity index (χ1v) is 7.86. The summed E-state index contributed by atoms with van der Waals surface area (Å²) in [4.78, 5) is 29.8. The van der Waals surface area contributed by atoms with Gasteiger partial charge in [-0.3, -0.25) is 9.59 Å². The highest BCUT2D eigenvalue weighted by atomic mass is 32.1. The Labute approximate surface area is 127 Å². The average molecular weight is 303 g/mol. The van der Waals surface area contributed by atoms with Crippen LogP contribution in [-0.2, 0) is 16.1 Å². The van der Waals surface area contributed by atoms with Crippen molar-refractivity contribution in [1.82, 2.24) is 15.2 Å². The molecular formula is C15H17N3O2S. The van der Waals surface area contributed by atoms with Crippen molar-refractivity contribution in [2.75, 3.05) is 6.54 Å². The van der Waals surface area contributed by atoms with E-state index in [2.05, 4.69) is 10.3 Å². The van der Waals surface area contributed by atoms with Crippen LogP contribution in [0.25, 0.3) is 10.2 Å². The van der Waals surface area contributed by atoms with Crippen molar-refractivity contribution in [1.29, 1.82) is 0 Å². The lowest BCUT2D eigenvalue weighted by atomic mass is 10.2. The Balaban J connectivity index is 1.64. The minimum absolute atomic E-state index is 0.0346. The third kappa shape index (κ3) is 2.90. The molecule has 1 aliphatic heterocycles. The number of nitrogens with one attached hydrogen (secondary N) is 1. The Bertz CT molecular complexity index is 649. The molecule has 0 spiro atoms. The normalized spacial score (nSPS) is 18.1. The monoisotopic (exact) mass is 303 g/mol. The Hall–Kier alpha value is -1.95. The smallest absolute Gasteiger partial charge is 0.243 e. The number of fused-ring (bicyclic) bond motifs is 1. The molecule has 0 saturated carbocycles. The molecule has 2 amide bonds. The third-order valence-corrected chi connectivity index (χ3v) is 4.75. The van der Waals surface area contributed by atoms with E-state index in [1.165, 1.54) is 6.92 Å². The van der Waals surface area contributed by atoms with Gasteiger partial charge in [-0.05, 0) is 25.0 Å². The molecule has 21 heavy (non-hydrogen) atoms. The van der Waals surface area contributed by atoms with Crippen molar-refractivity contribution in [3.8, 4) is 0 Å². The fraction of sp³-hybridized carbons (Fsp3) is 0.400. The van der Waals surface area contributed by atoms with Crippen LogP contribution in [0.1, 0.15) is 24.8 Å². The minimum Gasteiger partial charge on any atom is -0.348 e. The molecule has 2 heterocycles. The van der Waals surface area contributed by atoms with Gasteiger partial charge in [0, 0.05) is 13.5 Å².